The van der Waals surface area contributed by atoms with Gasteiger partial charge in [-0.2, -0.15) is 0 Å². The molecule has 2 aromatic rings. The number of amidine groups is 2. The quantitative estimate of drug-likeness (QED) is 0.285. The van der Waals surface area contributed by atoms with Crippen LogP contribution in [0.25, 0.3) is 11.1 Å². The van der Waals surface area contributed by atoms with Gasteiger partial charge in [0.15, 0.2) is 5.84 Å². The van der Waals surface area contributed by atoms with E-state index in [2.05, 4.69) is 21.7 Å². The van der Waals surface area contributed by atoms with E-state index in [9.17, 15) is 5.21 Å². The summed E-state index contributed by atoms with van der Waals surface area (Å²) in [5.74, 6) is 0.790. The Balaban J connectivity index is 1.76. The van der Waals surface area contributed by atoms with Crippen molar-refractivity contribution in [1.82, 2.24) is 5.48 Å². The first-order valence-corrected chi connectivity index (χ1v) is 9.26. The van der Waals surface area contributed by atoms with Crippen LogP contribution in [0.4, 0.5) is 5.69 Å². The van der Waals surface area contributed by atoms with Crippen LogP contribution >= 0.6 is 11.3 Å². The highest BCUT2D eigenvalue weighted by Crippen LogP contribution is 2.49. The molecule has 0 unspecified atom stereocenters. The number of nitrogens with two attached hydrogens (primary N) is 1. The van der Waals surface area contributed by atoms with Crippen LogP contribution in [0.2, 0.25) is 0 Å². The van der Waals surface area contributed by atoms with Crippen molar-refractivity contribution in [3.05, 3.63) is 40.1 Å². The number of nitrogens with one attached hydrogen (secondary N) is 1. The van der Waals surface area contributed by atoms with Gasteiger partial charge in [0.05, 0.1) is 16.0 Å². The molecule has 7 heteroatoms. The molecule has 0 atom stereocenters. The number of nitrogens with zero attached hydrogens (tertiary/aromatic N) is 2. The second kappa shape index (κ2) is 6.16. The van der Waals surface area contributed by atoms with Gasteiger partial charge in [-0.1, -0.05) is 30.5 Å². The number of fused-ring (bicyclic) bond motifs is 2. The molecule has 1 spiro atoms. The number of hydrogen-bond acceptors (Lipinski definition) is 6. The van der Waals surface area contributed by atoms with E-state index in [1.54, 1.807) is 0 Å². The molecule has 1 aromatic carbocycles. The number of aliphatic imine (C=N–C) groups is 1. The monoisotopic (exact) mass is 356 g/mol. The van der Waals surface area contributed by atoms with Crippen LogP contribution in [0.3, 0.4) is 0 Å². The zero-order valence-electron chi connectivity index (χ0n) is 13.7. The Bertz CT molecular complexity index is 866. The average molecular weight is 356 g/mol. The van der Waals surface area contributed by atoms with Crippen molar-refractivity contribution >= 4 is 28.7 Å². The van der Waals surface area contributed by atoms with E-state index in [-0.39, 0.29) is 11.3 Å². The van der Waals surface area contributed by atoms with Crippen molar-refractivity contribution < 1.29 is 10.4 Å². The number of oxime groups is 1. The SMILES string of the molecule is N/C(=N\O)c1cc(-c2ccc3c(c2)C2(CCCCC2)C(NO)=N3)cs1. The number of hydroxylamine groups is 1. The Morgan fingerprint density at radius 3 is 2.72 bits per heavy atom. The topological polar surface area (TPSA) is 103 Å². The van der Waals surface area contributed by atoms with Crippen LogP contribution in [0, 0.1) is 0 Å². The first-order valence-electron chi connectivity index (χ1n) is 8.38. The molecule has 25 heavy (non-hydrogen) atoms. The summed E-state index contributed by atoms with van der Waals surface area (Å²) >= 11 is 1.45. The first-order chi connectivity index (χ1) is 12.2. The first kappa shape index (κ1) is 16.1. The smallest absolute Gasteiger partial charge is 0.180 e. The van der Waals surface area contributed by atoms with Crippen LogP contribution in [0.5, 0.6) is 0 Å². The molecule has 2 aliphatic rings. The molecular weight excluding hydrogens is 336 g/mol. The van der Waals surface area contributed by atoms with Gasteiger partial charge in [-0.25, -0.2) is 4.99 Å². The third kappa shape index (κ3) is 2.51. The maximum Gasteiger partial charge on any atom is 0.180 e. The van der Waals surface area contributed by atoms with Crippen LogP contribution in [-0.2, 0) is 5.41 Å². The molecule has 1 fully saturated rings. The Labute approximate surface area is 149 Å². The van der Waals surface area contributed by atoms with E-state index in [1.807, 2.05) is 23.6 Å². The maximum absolute atomic E-state index is 9.60. The molecule has 6 nitrogen and oxygen atoms in total. The lowest BCUT2D eigenvalue weighted by Crippen LogP contribution is -2.42. The summed E-state index contributed by atoms with van der Waals surface area (Å²) in [5, 5.41) is 23.5. The normalized spacial score (nSPS) is 18.9. The Hall–Kier alpha value is -2.38. The molecule has 0 radical (unpaired) electrons. The predicted molar refractivity (Wildman–Crippen MR) is 99.0 cm³/mol. The van der Waals surface area contributed by atoms with Gasteiger partial charge < -0.3 is 10.9 Å². The van der Waals surface area contributed by atoms with Crippen LogP contribution in [0.15, 0.2) is 39.8 Å². The molecule has 0 amide bonds. The van der Waals surface area contributed by atoms with E-state index >= 15 is 0 Å². The largest absolute Gasteiger partial charge is 0.409 e. The average Bonchev–Trinajstić information content (AvgIpc) is 3.25. The lowest BCUT2D eigenvalue weighted by molar-refractivity contribution is 0.218. The molecular formula is C18H20N4O2S. The van der Waals surface area contributed by atoms with E-state index < -0.39 is 0 Å². The number of hydrogen-bond donors (Lipinski definition) is 4. The summed E-state index contributed by atoms with van der Waals surface area (Å²) in [6, 6.07) is 8.13. The minimum Gasteiger partial charge on any atom is -0.409 e. The standard InChI is InChI=1S/C18H20N4O2S/c19-16(21-23)15-9-12(10-25-15)11-4-5-14-13(8-11)18(17(20-14)22-24)6-2-1-3-7-18/h4-5,8-10,23-24H,1-3,6-7H2,(H2,19,21)(H,20,22). The number of rotatable bonds is 2. The highest BCUT2D eigenvalue weighted by atomic mass is 32.1. The van der Waals surface area contributed by atoms with Crippen molar-refractivity contribution in [2.45, 2.75) is 37.5 Å². The third-order valence-corrected chi connectivity index (χ3v) is 6.26. The molecule has 1 saturated carbocycles. The van der Waals surface area contributed by atoms with Gasteiger partial charge in [0.2, 0.25) is 0 Å². The van der Waals surface area contributed by atoms with Crippen molar-refractivity contribution in [3.8, 4) is 11.1 Å². The number of thiophene rings is 1. The Morgan fingerprint density at radius 1 is 1.20 bits per heavy atom. The van der Waals surface area contributed by atoms with Crippen molar-refractivity contribution in [3.63, 3.8) is 0 Å². The highest BCUT2D eigenvalue weighted by Gasteiger charge is 2.44. The van der Waals surface area contributed by atoms with Crippen LogP contribution < -0.4 is 11.2 Å². The molecule has 5 N–H and O–H groups in total. The fourth-order valence-electron chi connectivity index (χ4n) is 4.02. The summed E-state index contributed by atoms with van der Waals surface area (Å²) < 4.78 is 0. The molecule has 1 aromatic heterocycles. The molecule has 1 aliphatic heterocycles. The van der Waals surface area contributed by atoms with Crippen LogP contribution in [-0.4, -0.2) is 22.1 Å². The summed E-state index contributed by atoms with van der Waals surface area (Å²) in [6.07, 6.45) is 5.49. The summed E-state index contributed by atoms with van der Waals surface area (Å²) in [5.41, 5.74) is 12.0. The van der Waals surface area contributed by atoms with Gasteiger partial charge >= 0.3 is 0 Å². The zero-order valence-corrected chi connectivity index (χ0v) is 14.5. The molecule has 2 heterocycles. The summed E-state index contributed by atoms with van der Waals surface area (Å²) in [4.78, 5) is 5.35. The van der Waals surface area contributed by atoms with Crippen molar-refractivity contribution in [2.24, 2.45) is 15.9 Å². The van der Waals surface area contributed by atoms with Gasteiger partial charge in [-0.05, 0) is 53.1 Å². The molecule has 130 valence electrons. The highest BCUT2D eigenvalue weighted by molar-refractivity contribution is 7.12. The molecule has 0 saturated heterocycles. The molecule has 4 rings (SSSR count). The number of benzene rings is 1. The second-order valence-corrected chi connectivity index (χ2v) is 7.54. The summed E-state index contributed by atoms with van der Waals surface area (Å²) in [6.45, 7) is 0. The fourth-order valence-corrected chi connectivity index (χ4v) is 4.83. The predicted octanol–water partition coefficient (Wildman–Crippen LogP) is 3.73. The molecule has 1 aliphatic carbocycles. The third-order valence-electron chi connectivity index (χ3n) is 5.30. The van der Waals surface area contributed by atoms with Gasteiger partial charge in [0.25, 0.3) is 0 Å². The van der Waals surface area contributed by atoms with Gasteiger partial charge in [-0.15, -0.1) is 11.3 Å². The minimum atomic E-state index is -0.206. The maximum atomic E-state index is 9.60. The zero-order chi connectivity index (χ0) is 17.4. The van der Waals surface area contributed by atoms with Gasteiger partial charge in [0.1, 0.15) is 5.84 Å². The van der Waals surface area contributed by atoms with E-state index in [0.29, 0.717) is 5.84 Å². The lowest BCUT2D eigenvalue weighted by Gasteiger charge is -2.35. The molecule has 0 bridgehead atoms. The van der Waals surface area contributed by atoms with Crippen molar-refractivity contribution in [2.75, 3.05) is 0 Å². The van der Waals surface area contributed by atoms with E-state index in [0.717, 1.165) is 47.4 Å². The van der Waals surface area contributed by atoms with Crippen molar-refractivity contribution in [1.29, 1.82) is 0 Å². The Morgan fingerprint density at radius 2 is 2.00 bits per heavy atom. The van der Waals surface area contributed by atoms with E-state index in [4.69, 9.17) is 10.9 Å². The van der Waals surface area contributed by atoms with Gasteiger partial charge in [-0.3, -0.25) is 10.7 Å². The Kier molecular flexibility index (Phi) is 3.97. The minimum absolute atomic E-state index is 0.122. The summed E-state index contributed by atoms with van der Waals surface area (Å²) in [7, 11) is 0. The van der Waals surface area contributed by atoms with Gasteiger partial charge in [0, 0.05) is 0 Å². The lowest BCUT2D eigenvalue weighted by atomic mass is 9.69. The second-order valence-electron chi connectivity index (χ2n) is 6.63. The van der Waals surface area contributed by atoms with E-state index in [1.165, 1.54) is 23.3 Å². The van der Waals surface area contributed by atoms with Crippen LogP contribution in [0.1, 0.15) is 42.5 Å². The fraction of sp³-hybridized carbons (Fsp3) is 0.333.